The molecule has 5 nitrogen and oxygen atoms in total. The maximum Gasteiger partial charge on any atom is 0.354 e. The fourth-order valence-corrected chi connectivity index (χ4v) is 1.29. The zero-order valence-electron chi connectivity index (χ0n) is 9.89. The summed E-state index contributed by atoms with van der Waals surface area (Å²) in [6, 6.07) is 3.39. The van der Waals surface area contributed by atoms with Crippen LogP contribution in [0.3, 0.4) is 0 Å². The van der Waals surface area contributed by atoms with Gasteiger partial charge in [0.25, 0.3) is 0 Å². The van der Waals surface area contributed by atoms with E-state index in [-0.39, 0.29) is 12.3 Å². The van der Waals surface area contributed by atoms with Crippen LogP contribution in [0.25, 0.3) is 0 Å². The number of rotatable bonds is 8. The normalized spacial score (nSPS) is 10.4. The number of nitrogens with zero attached hydrogens (tertiary/aromatic N) is 1. The molecule has 94 valence electrons. The Kier molecular flexibility index (Phi) is 6.21. The molecule has 0 spiro atoms. The van der Waals surface area contributed by atoms with Gasteiger partial charge in [0, 0.05) is 18.4 Å². The minimum atomic E-state index is -1.04. The van der Waals surface area contributed by atoms with E-state index < -0.39 is 5.97 Å². The van der Waals surface area contributed by atoms with Crippen LogP contribution in [0.1, 0.15) is 29.4 Å². The van der Waals surface area contributed by atoms with Crippen LogP contribution in [0.5, 0.6) is 0 Å². The highest BCUT2D eigenvalue weighted by molar-refractivity contribution is 5.86. The number of hydrogen-bond acceptors (Lipinski definition) is 4. The fraction of sp³-hybridized carbons (Fsp3) is 0.500. The molecule has 0 aliphatic heterocycles. The Hall–Kier alpha value is -1.46. The van der Waals surface area contributed by atoms with Gasteiger partial charge >= 0.3 is 5.97 Å². The number of carboxylic acids is 1. The van der Waals surface area contributed by atoms with Crippen LogP contribution in [-0.4, -0.2) is 35.9 Å². The molecule has 0 saturated carbocycles. The van der Waals surface area contributed by atoms with E-state index in [1.807, 2.05) is 6.92 Å². The van der Waals surface area contributed by atoms with Crippen molar-refractivity contribution in [3.8, 4) is 0 Å². The van der Waals surface area contributed by atoms with Crippen molar-refractivity contribution in [2.24, 2.45) is 0 Å². The van der Waals surface area contributed by atoms with Crippen LogP contribution >= 0.6 is 0 Å². The molecule has 0 aliphatic rings. The molecular formula is C12H17NO4. The third kappa shape index (κ3) is 4.93. The number of hydrogen-bond donors (Lipinski definition) is 1. The van der Waals surface area contributed by atoms with Gasteiger partial charge in [-0.1, -0.05) is 13.0 Å². The van der Waals surface area contributed by atoms with Gasteiger partial charge in [-0.25, -0.2) is 9.78 Å². The number of pyridine rings is 1. The van der Waals surface area contributed by atoms with Gasteiger partial charge in [-0.15, -0.1) is 0 Å². The molecule has 1 aromatic heterocycles. The summed E-state index contributed by atoms with van der Waals surface area (Å²) in [5.74, 6) is -1.04. The maximum atomic E-state index is 10.9. The molecule has 5 heteroatoms. The van der Waals surface area contributed by atoms with Crippen molar-refractivity contribution in [1.29, 1.82) is 0 Å². The Balaban J connectivity index is 2.34. The van der Waals surface area contributed by atoms with Crippen LogP contribution in [0.4, 0.5) is 0 Å². The van der Waals surface area contributed by atoms with E-state index in [9.17, 15) is 4.79 Å². The third-order valence-corrected chi connectivity index (χ3v) is 2.07. The van der Waals surface area contributed by atoms with Crippen molar-refractivity contribution < 1.29 is 19.4 Å². The van der Waals surface area contributed by atoms with Gasteiger partial charge in [0.2, 0.25) is 0 Å². The Bertz CT molecular complexity index is 354. The second kappa shape index (κ2) is 7.76. The highest BCUT2D eigenvalue weighted by atomic mass is 16.5. The lowest BCUT2D eigenvalue weighted by molar-refractivity contribution is 0.0399. The summed E-state index contributed by atoms with van der Waals surface area (Å²) < 4.78 is 10.6. The van der Waals surface area contributed by atoms with Crippen molar-refractivity contribution in [1.82, 2.24) is 4.98 Å². The average molecular weight is 239 g/mol. The van der Waals surface area contributed by atoms with E-state index >= 15 is 0 Å². The molecule has 0 aliphatic carbocycles. The lowest BCUT2D eigenvalue weighted by Gasteiger charge is -2.06. The van der Waals surface area contributed by atoms with Crippen LogP contribution in [0, 0.1) is 0 Å². The average Bonchev–Trinajstić information content (AvgIpc) is 2.34. The smallest absolute Gasteiger partial charge is 0.354 e. The molecule has 1 N–H and O–H groups in total. The number of carboxylic acid groups (broad SMARTS) is 1. The molecule has 1 rings (SSSR count). The monoisotopic (exact) mass is 239 g/mol. The van der Waals surface area contributed by atoms with Crippen molar-refractivity contribution >= 4 is 5.97 Å². The van der Waals surface area contributed by atoms with Crippen molar-refractivity contribution in [2.75, 3.05) is 19.8 Å². The summed E-state index contributed by atoms with van der Waals surface area (Å²) >= 11 is 0. The molecule has 0 atom stereocenters. The van der Waals surface area contributed by atoms with Crippen molar-refractivity contribution in [3.63, 3.8) is 0 Å². The highest BCUT2D eigenvalue weighted by Crippen LogP contribution is 2.06. The molecule has 0 saturated heterocycles. The lowest BCUT2D eigenvalue weighted by atomic mass is 10.2. The highest BCUT2D eigenvalue weighted by Gasteiger charge is 2.10. The summed E-state index contributed by atoms with van der Waals surface area (Å²) in [5.41, 5.74) is 0.623. The zero-order chi connectivity index (χ0) is 12.5. The topological polar surface area (TPSA) is 68.7 Å². The minimum Gasteiger partial charge on any atom is -0.477 e. The van der Waals surface area contributed by atoms with Crippen LogP contribution < -0.4 is 0 Å². The number of aromatic nitrogens is 1. The van der Waals surface area contributed by atoms with Gasteiger partial charge in [0.15, 0.2) is 5.69 Å². The largest absolute Gasteiger partial charge is 0.477 e. The number of ether oxygens (including phenoxy) is 2. The summed E-state index contributed by atoms with van der Waals surface area (Å²) in [4.78, 5) is 14.6. The van der Waals surface area contributed by atoms with Gasteiger partial charge < -0.3 is 14.6 Å². The summed E-state index contributed by atoms with van der Waals surface area (Å²) in [6.45, 7) is 3.97. The first-order chi connectivity index (χ1) is 8.25. The van der Waals surface area contributed by atoms with E-state index in [0.717, 1.165) is 13.0 Å². The van der Waals surface area contributed by atoms with Gasteiger partial charge in [-0.05, 0) is 12.5 Å². The van der Waals surface area contributed by atoms with E-state index in [1.54, 1.807) is 12.1 Å². The van der Waals surface area contributed by atoms with E-state index in [0.29, 0.717) is 18.8 Å². The molecule has 17 heavy (non-hydrogen) atoms. The first-order valence-electron chi connectivity index (χ1n) is 5.58. The molecule has 0 aromatic carbocycles. The Morgan fingerprint density at radius 1 is 1.35 bits per heavy atom. The second-order valence-corrected chi connectivity index (χ2v) is 3.48. The van der Waals surface area contributed by atoms with E-state index in [1.165, 1.54) is 6.20 Å². The second-order valence-electron chi connectivity index (χ2n) is 3.48. The van der Waals surface area contributed by atoms with Gasteiger partial charge in [0.1, 0.15) is 0 Å². The van der Waals surface area contributed by atoms with Gasteiger partial charge in [-0.3, -0.25) is 0 Å². The van der Waals surface area contributed by atoms with Crippen molar-refractivity contribution in [3.05, 3.63) is 29.6 Å². The first-order valence-corrected chi connectivity index (χ1v) is 5.58. The number of carbonyl (C=O) groups is 1. The lowest BCUT2D eigenvalue weighted by Crippen LogP contribution is -2.09. The molecule has 1 heterocycles. The molecule has 0 amide bonds. The Morgan fingerprint density at radius 2 is 2.12 bits per heavy atom. The minimum absolute atomic E-state index is 0.0435. The molecule has 0 fully saturated rings. The van der Waals surface area contributed by atoms with Crippen LogP contribution in [-0.2, 0) is 16.1 Å². The molecule has 1 aromatic rings. The molecule has 0 bridgehead atoms. The molecule has 0 radical (unpaired) electrons. The van der Waals surface area contributed by atoms with Gasteiger partial charge in [0.05, 0.1) is 19.8 Å². The number of aromatic carboxylic acids is 1. The van der Waals surface area contributed by atoms with Crippen LogP contribution in [0.2, 0.25) is 0 Å². The fourth-order valence-electron chi connectivity index (χ4n) is 1.29. The predicted molar refractivity (Wildman–Crippen MR) is 62.0 cm³/mol. The Morgan fingerprint density at radius 3 is 2.82 bits per heavy atom. The Labute approximate surface area is 100 Å². The van der Waals surface area contributed by atoms with E-state index in [2.05, 4.69) is 4.98 Å². The van der Waals surface area contributed by atoms with Crippen LogP contribution in [0.15, 0.2) is 18.3 Å². The quantitative estimate of drug-likeness (QED) is 0.699. The molecule has 0 unspecified atom stereocenters. The predicted octanol–water partition coefficient (Wildman–Crippen LogP) is 1.72. The third-order valence-electron chi connectivity index (χ3n) is 2.07. The molecular weight excluding hydrogens is 222 g/mol. The van der Waals surface area contributed by atoms with Crippen molar-refractivity contribution in [2.45, 2.75) is 20.0 Å². The standard InChI is InChI=1S/C12H17NO4/c1-2-6-16-7-8-17-9-10-4-3-5-13-11(10)12(14)15/h3-5H,2,6-9H2,1H3,(H,14,15). The maximum absolute atomic E-state index is 10.9. The first kappa shape index (κ1) is 13.6. The summed E-state index contributed by atoms with van der Waals surface area (Å²) in [6.07, 6.45) is 2.43. The van der Waals surface area contributed by atoms with Gasteiger partial charge in [-0.2, -0.15) is 0 Å². The zero-order valence-corrected chi connectivity index (χ0v) is 9.89. The summed E-state index contributed by atoms with van der Waals surface area (Å²) in [7, 11) is 0. The SMILES string of the molecule is CCCOCCOCc1cccnc1C(=O)O. The van der Waals surface area contributed by atoms with E-state index in [4.69, 9.17) is 14.6 Å². The summed E-state index contributed by atoms with van der Waals surface area (Å²) in [5, 5.41) is 8.90.